The van der Waals surface area contributed by atoms with E-state index in [1.807, 2.05) is 30.3 Å². The van der Waals surface area contributed by atoms with Crippen LogP contribution in [0.2, 0.25) is 0 Å². The van der Waals surface area contributed by atoms with Crippen LogP contribution in [-0.2, 0) is 19.1 Å². The van der Waals surface area contributed by atoms with Gasteiger partial charge in [-0.2, -0.15) is 23.3 Å². The lowest BCUT2D eigenvalue weighted by Crippen LogP contribution is -2.23. The molecule has 0 radical (unpaired) electrons. The van der Waals surface area contributed by atoms with Crippen molar-refractivity contribution in [2.75, 3.05) is 0 Å². The average Bonchev–Trinajstić information content (AvgIpc) is 3.05. The molecule has 0 fully saturated rings. The fourth-order valence-electron chi connectivity index (χ4n) is 2.06. The Kier molecular flexibility index (Phi) is 4.15. The zero-order valence-electron chi connectivity index (χ0n) is 12.2. The van der Waals surface area contributed by atoms with Gasteiger partial charge >= 0.3 is 12.1 Å². The first-order valence-electron chi connectivity index (χ1n) is 6.96. The number of aryl methyl sites for hydroxylation is 2. The highest BCUT2D eigenvalue weighted by atomic mass is 19.4. The van der Waals surface area contributed by atoms with Crippen molar-refractivity contribution in [3.63, 3.8) is 0 Å². The molecule has 3 rings (SSSR count). The van der Waals surface area contributed by atoms with Crippen LogP contribution in [-0.4, -0.2) is 19.9 Å². The van der Waals surface area contributed by atoms with Gasteiger partial charge in [-0.25, -0.2) is 4.68 Å². The number of hydrogen-bond acceptors (Lipinski definition) is 5. The van der Waals surface area contributed by atoms with Crippen molar-refractivity contribution in [2.45, 2.75) is 19.1 Å². The number of benzene rings is 1. The average molecular weight is 336 g/mol. The van der Waals surface area contributed by atoms with Gasteiger partial charge in [-0.15, -0.1) is 0 Å². The molecule has 24 heavy (non-hydrogen) atoms. The van der Waals surface area contributed by atoms with E-state index in [-0.39, 0.29) is 11.4 Å². The van der Waals surface area contributed by atoms with Gasteiger partial charge in [0.15, 0.2) is 0 Å². The van der Waals surface area contributed by atoms with Crippen molar-refractivity contribution >= 4 is 0 Å². The van der Waals surface area contributed by atoms with E-state index in [1.54, 1.807) is 0 Å². The first-order chi connectivity index (χ1) is 11.4. The minimum absolute atomic E-state index is 0.0650. The molecular weight excluding hydrogens is 325 g/mol. The molecular formula is C15H11F3N4O2. The van der Waals surface area contributed by atoms with Gasteiger partial charge in [-0.3, -0.25) is 4.79 Å². The van der Waals surface area contributed by atoms with E-state index in [2.05, 4.69) is 19.8 Å². The zero-order valence-corrected chi connectivity index (χ0v) is 12.2. The van der Waals surface area contributed by atoms with E-state index in [9.17, 15) is 18.0 Å². The number of nitrogens with zero attached hydrogens (tertiary/aromatic N) is 4. The lowest BCUT2D eigenvalue weighted by Gasteiger charge is -2.04. The first kappa shape index (κ1) is 15.9. The highest BCUT2D eigenvalue weighted by molar-refractivity contribution is 5.51. The zero-order chi connectivity index (χ0) is 17.2. The SMILES string of the molecule is O=c1cc(-c2noc(C(F)(F)F)n2)cnn1CCc1ccccc1. The molecule has 0 atom stereocenters. The molecule has 3 aromatic rings. The summed E-state index contributed by atoms with van der Waals surface area (Å²) in [4.78, 5) is 15.3. The summed E-state index contributed by atoms with van der Waals surface area (Å²) >= 11 is 0. The predicted molar refractivity (Wildman–Crippen MR) is 76.9 cm³/mol. The number of halogens is 3. The summed E-state index contributed by atoms with van der Waals surface area (Å²) < 4.78 is 42.7. The summed E-state index contributed by atoms with van der Waals surface area (Å²) in [6, 6.07) is 10.7. The van der Waals surface area contributed by atoms with Crippen molar-refractivity contribution in [1.82, 2.24) is 19.9 Å². The fraction of sp³-hybridized carbons (Fsp3) is 0.200. The van der Waals surface area contributed by atoms with E-state index in [1.165, 1.54) is 10.9 Å². The highest BCUT2D eigenvalue weighted by Gasteiger charge is 2.38. The summed E-state index contributed by atoms with van der Waals surface area (Å²) in [6.07, 6.45) is -2.89. The van der Waals surface area contributed by atoms with Crippen LogP contribution in [0, 0.1) is 0 Å². The minimum Gasteiger partial charge on any atom is -0.329 e. The fourth-order valence-corrected chi connectivity index (χ4v) is 2.06. The topological polar surface area (TPSA) is 73.8 Å². The molecule has 0 aliphatic carbocycles. The Morgan fingerprint density at radius 1 is 1.17 bits per heavy atom. The van der Waals surface area contributed by atoms with E-state index in [4.69, 9.17) is 0 Å². The lowest BCUT2D eigenvalue weighted by atomic mass is 10.1. The van der Waals surface area contributed by atoms with Crippen LogP contribution in [0.1, 0.15) is 11.5 Å². The predicted octanol–water partition coefficient (Wildman–Crippen LogP) is 2.55. The van der Waals surface area contributed by atoms with Crippen LogP contribution in [0.5, 0.6) is 0 Å². The van der Waals surface area contributed by atoms with E-state index in [0.717, 1.165) is 11.6 Å². The molecule has 0 bridgehead atoms. The third-order valence-electron chi connectivity index (χ3n) is 3.25. The highest BCUT2D eigenvalue weighted by Crippen LogP contribution is 2.28. The molecule has 0 amide bonds. The van der Waals surface area contributed by atoms with E-state index in [0.29, 0.717) is 13.0 Å². The summed E-state index contributed by atoms with van der Waals surface area (Å²) in [5, 5.41) is 7.17. The maximum absolute atomic E-state index is 12.4. The minimum atomic E-state index is -4.73. The van der Waals surface area contributed by atoms with Gasteiger partial charge in [0.1, 0.15) is 0 Å². The second-order valence-corrected chi connectivity index (χ2v) is 4.96. The van der Waals surface area contributed by atoms with Gasteiger partial charge in [0, 0.05) is 18.2 Å². The van der Waals surface area contributed by atoms with Gasteiger partial charge < -0.3 is 4.52 Å². The number of rotatable bonds is 4. The van der Waals surface area contributed by atoms with Crippen molar-refractivity contribution in [2.24, 2.45) is 0 Å². The molecule has 2 aromatic heterocycles. The second-order valence-electron chi connectivity index (χ2n) is 4.96. The molecule has 0 aliphatic heterocycles. The van der Waals surface area contributed by atoms with Crippen LogP contribution in [0.4, 0.5) is 13.2 Å². The Labute approximate surface area is 133 Å². The Hall–Kier alpha value is -2.97. The first-order valence-corrected chi connectivity index (χ1v) is 6.96. The molecule has 0 saturated heterocycles. The molecule has 1 aromatic carbocycles. The summed E-state index contributed by atoms with van der Waals surface area (Å²) in [7, 11) is 0. The molecule has 124 valence electrons. The van der Waals surface area contributed by atoms with Gasteiger partial charge in [0.25, 0.3) is 5.56 Å². The van der Waals surface area contributed by atoms with Crippen LogP contribution >= 0.6 is 0 Å². The molecule has 9 heteroatoms. The van der Waals surface area contributed by atoms with Crippen LogP contribution in [0.3, 0.4) is 0 Å². The Bertz CT molecular complexity index is 887. The number of hydrogen-bond donors (Lipinski definition) is 0. The van der Waals surface area contributed by atoms with Gasteiger partial charge in [0.05, 0.1) is 6.20 Å². The molecule has 0 aliphatic rings. The molecule has 6 nitrogen and oxygen atoms in total. The number of aromatic nitrogens is 4. The summed E-state index contributed by atoms with van der Waals surface area (Å²) in [6.45, 7) is 0.350. The smallest absolute Gasteiger partial charge is 0.329 e. The molecule has 0 saturated carbocycles. The van der Waals surface area contributed by atoms with Crippen molar-refractivity contribution < 1.29 is 17.7 Å². The largest absolute Gasteiger partial charge is 0.471 e. The van der Waals surface area contributed by atoms with Gasteiger partial charge in [0.2, 0.25) is 5.82 Å². The second kappa shape index (κ2) is 6.26. The maximum Gasteiger partial charge on any atom is 0.471 e. The summed E-state index contributed by atoms with van der Waals surface area (Å²) in [5.74, 6) is -1.80. The summed E-state index contributed by atoms with van der Waals surface area (Å²) in [5.41, 5.74) is 0.653. The van der Waals surface area contributed by atoms with Crippen LogP contribution in [0.25, 0.3) is 11.4 Å². The van der Waals surface area contributed by atoms with Gasteiger partial charge in [-0.05, 0) is 12.0 Å². The van der Waals surface area contributed by atoms with E-state index < -0.39 is 17.6 Å². The van der Waals surface area contributed by atoms with Crippen LogP contribution < -0.4 is 5.56 Å². The quantitative estimate of drug-likeness (QED) is 0.732. The van der Waals surface area contributed by atoms with Crippen LogP contribution in [0.15, 0.2) is 51.9 Å². The maximum atomic E-state index is 12.4. The van der Waals surface area contributed by atoms with Crippen molar-refractivity contribution in [3.8, 4) is 11.4 Å². The standard InChI is InChI=1S/C15H11F3N4O2/c16-15(17,18)14-20-13(21-24-14)11-8-12(23)22(19-9-11)7-6-10-4-2-1-3-5-10/h1-5,8-9H,6-7H2. The molecule has 2 heterocycles. The lowest BCUT2D eigenvalue weighted by molar-refractivity contribution is -0.159. The molecule has 0 spiro atoms. The van der Waals surface area contributed by atoms with Gasteiger partial charge in [-0.1, -0.05) is 35.5 Å². The van der Waals surface area contributed by atoms with Crippen molar-refractivity contribution in [3.05, 3.63) is 64.4 Å². The molecule has 0 unspecified atom stereocenters. The normalized spacial score (nSPS) is 11.6. The molecule has 0 N–H and O–H groups in total. The van der Waals surface area contributed by atoms with E-state index >= 15 is 0 Å². The monoisotopic (exact) mass is 336 g/mol. The third kappa shape index (κ3) is 3.50. The Morgan fingerprint density at radius 2 is 1.92 bits per heavy atom. The Balaban J connectivity index is 1.77. The van der Waals surface area contributed by atoms with Crippen molar-refractivity contribution in [1.29, 1.82) is 0 Å². The third-order valence-corrected chi connectivity index (χ3v) is 3.25. The Morgan fingerprint density at radius 3 is 2.54 bits per heavy atom. The number of alkyl halides is 3.